The maximum absolute atomic E-state index is 13.3. The van der Waals surface area contributed by atoms with Crippen molar-refractivity contribution in [3.63, 3.8) is 0 Å². The van der Waals surface area contributed by atoms with E-state index in [-0.39, 0.29) is 42.1 Å². The highest BCUT2D eigenvalue weighted by atomic mass is 16.5. The van der Waals surface area contributed by atoms with Crippen molar-refractivity contribution in [2.24, 2.45) is 0 Å². The van der Waals surface area contributed by atoms with Crippen molar-refractivity contribution >= 4 is 23.5 Å². The summed E-state index contributed by atoms with van der Waals surface area (Å²) in [6, 6.07) is 4.87. The monoisotopic (exact) mass is 472 g/mol. The normalized spacial score (nSPS) is 25.2. The van der Waals surface area contributed by atoms with Gasteiger partial charge in [0.05, 0.1) is 24.1 Å². The summed E-state index contributed by atoms with van der Waals surface area (Å²) in [5, 5.41) is 8.57. The standard InChI is InChI=1S/C25H36N4O5/c1-3-26-25(32)28-17-9-12-21-19(13-17)24(31)29(2)20-11-10-18(34-22(20)15-33-21)14-23(30)27-16-7-5-4-6-8-16/h9,12-13,16,18,20,22H,3-8,10-11,14-15H2,1-2H3,(H,27,30)(H2,26,28,32)/t18-,20+,22+/m0/s1. The van der Waals surface area contributed by atoms with Crippen LogP contribution in [-0.4, -0.2) is 67.2 Å². The van der Waals surface area contributed by atoms with Gasteiger partial charge in [0.15, 0.2) is 0 Å². The Labute approximate surface area is 200 Å². The van der Waals surface area contributed by atoms with E-state index in [0.29, 0.717) is 43.0 Å². The number of fused-ring (bicyclic) bond motifs is 2. The molecule has 186 valence electrons. The average Bonchev–Trinajstić information content (AvgIpc) is 2.82. The number of rotatable bonds is 5. The number of anilines is 1. The van der Waals surface area contributed by atoms with Crippen LogP contribution < -0.4 is 20.7 Å². The first kappa shape index (κ1) is 24.3. The van der Waals surface area contributed by atoms with E-state index in [1.165, 1.54) is 19.3 Å². The number of nitrogens with zero attached hydrogens (tertiary/aromatic N) is 1. The minimum Gasteiger partial charge on any atom is -0.490 e. The number of likely N-dealkylation sites (N-methyl/N-ethyl adjacent to an activating group) is 1. The molecule has 1 aliphatic carbocycles. The number of carbonyl (C=O) groups is 3. The summed E-state index contributed by atoms with van der Waals surface area (Å²) in [5.74, 6) is 0.322. The fourth-order valence-electron chi connectivity index (χ4n) is 5.18. The first-order valence-corrected chi connectivity index (χ1v) is 12.5. The van der Waals surface area contributed by atoms with Crippen LogP contribution in [-0.2, 0) is 9.53 Å². The molecule has 2 fully saturated rings. The van der Waals surface area contributed by atoms with Crippen LogP contribution in [0.3, 0.4) is 0 Å². The first-order chi connectivity index (χ1) is 16.4. The third kappa shape index (κ3) is 5.81. The van der Waals surface area contributed by atoms with E-state index in [1.54, 1.807) is 30.1 Å². The summed E-state index contributed by atoms with van der Waals surface area (Å²) in [6.07, 6.45) is 7.02. The van der Waals surface area contributed by atoms with Crippen molar-refractivity contribution in [3.8, 4) is 5.75 Å². The summed E-state index contributed by atoms with van der Waals surface area (Å²) in [6.45, 7) is 2.63. The Morgan fingerprint density at radius 2 is 1.91 bits per heavy atom. The second-order valence-corrected chi connectivity index (χ2v) is 9.47. The van der Waals surface area contributed by atoms with Crippen LogP contribution in [0.15, 0.2) is 18.2 Å². The quantitative estimate of drug-likeness (QED) is 0.610. The van der Waals surface area contributed by atoms with Crippen molar-refractivity contribution in [2.45, 2.75) is 82.6 Å². The van der Waals surface area contributed by atoms with E-state index < -0.39 is 0 Å². The number of hydrogen-bond donors (Lipinski definition) is 3. The summed E-state index contributed by atoms with van der Waals surface area (Å²) in [5.41, 5.74) is 0.931. The Morgan fingerprint density at radius 3 is 2.68 bits per heavy atom. The Balaban J connectivity index is 1.39. The fourth-order valence-corrected chi connectivity index (χ4v) is 5.18. The zero-order valence-corrected chi connectivity index (χ0v) is 20.1. The van der Waals surface area contributed by atoms with Crippen molar-refractivity contribution in [1.29, 1.82) is 0 Å². The van der Waals surface area contributed by atoms with E-state index in [0.717, 1.165) is 19.3 Å². The minimum atomic E-state index is -0.325. The highest BCUT2D eigenvalue weighted by Gasteiger charge is 2.39. The molecule has 3 aliphatic rings. The molecule has 0 bridgehead atoms. The topological polar surface area (TPSA) is 109 Å². The molecule has 4 amide bonds. The highest BCUT2D eigenvalue weighted by molar-refractivity contribution is 5.99. The molecule has 9 heteroatoms. The van der Waals surface area contributed by atoms with Crippen LogP contribution in [0.2, 0.25) is 0 Å². The van der Waals surface area contributed by atoms with E-state index in [1.807, 2.05) is 6.92 Å². The molecule has 1 saturated carbocycles. The largest absolute Gasteiger partial charge is 0.490 e. The van der Waals surface area contributed by atoms with Crippen molar-refractivity contribution in [1.82, 2.24) is 15.5 Å². The Hall–Kier alpha value is -2.81. The van der Waals surface area contributed by atoms with Gasteiger partial charge < -0.3 is 30.3 Å². The molecule has 9 nitrogen and oxygen atoms in total. The van der Waals surface area contributed by atoms with E-state index in [2.05, 4.69) is 16.0 Å². The second kappa shape index (κ2) is 11.1. The van der Waals surface area contributed by atoms with Gasteiger partial charge in [-0.15, -0.1) is 0 Å². The molecule has 1 aromatic carbocycles. The number of urea groups is 1. The lowest BCUT2D eigenvalue weighted by atomic mass is 9.93. The van der Waals surface area contributed by atoms with E-state index in [9.17, 15) is 14.4 Å². The maximum atomic E-state index is 13.3. The SMILES string of the molecule is CCNC(=O)Nc1ccc2c(c1)C(=O)N(C)[C@@H]1CC[C@@H](CC(=O)NC3CCCCC3)O[C@@H]1CO2. The number of carbonyl (C=O) groups excluding carboxylic acids is 3. The van der Waals surface area contributed by atoms with Crippen LogP contribution in [0.4, 0.5) is 10.5 Å². The van der Waals surface area contributed by atoms with Crippen molar-refractivity contribution in [2.75, 3.05) is 25.5 Å². The molecular weight excluding hydrogens is 436 g/mol. The number of ether oxygens (including phenoxy) is 2. The van der Waals surface area contributed by atoms with Gasteiger partial charge in [-0.1, -0.05) is 19.3 Å². The molecule has 1 saturated heterocycles. The second-order valence-electron chi connectivity index (χ2n) is 9.47. The first-order valence-electron chi connectivity index (χ1n) is 12.5. The number of nitrogens with one attached hydrogen (secondary N) is 3. The van der Waals surface area contributed by atoms with E-state index in [4.69, 9.17) is 9.47 Å². The maximum Gasteiger partial charge on any atom is 0.319 e. The number of benzene rings is 1. The van der Waals surface area contributed by atoms with Crippen LogP contribution in [0.5, 0.6) is 5.75 Å². The van der Waals surface area contributed by atoms with Gasteiger partial charge in [-0.2, -0.15) is 0 Å². The Morgan fingerprint density at radius 1 is 1.12 bits per heavy atom. The zero-order chi connectivity index (χ0) is 24.1. The predicted molar refractivity (Wildman–Crippen MR) is 128 cm³/mol. The van der Waals surface area contributed by atoms with Crippen LogP contribution in [0.1, 0.15) is 68.6 Å². The Kier molecular flexibility index (Phi) is 7.92. The molecule has 0 spiro atoms. The molecule has 4 rings (SSSR count). The molecule has 0 unspecified atom stereocenters. The molecule has 3 N–H and O–H groups in total. The van der Waals surface area contributed by atoms with Crippen LogP contribution >= 0.6 is 0 Å². The van der Waals surface area contributed by atoms with Gasteiger partial charge in [0.25, 0.3) is 5.91 Å². The van der Waals surface area contributed by atoms with Crippen molar-refractivity contribution < 1.29 is 23.9 Å². The molecule has 0 radical (unpaired) electrons. The van der Waals surface area contributed by atoms with Crippen molar-refractivity contribution in [3.05, 3.63) is 23.8 Å². The van der Waals surface area contributed by atoms with Gasteiger partial charge in [-0.25, -0.2) is 4.79 Å². The minimum absolute atomic E-state index is 0.0454. The lowest BCUT2D eigenvalue weighted by Gasteiger charge is -2.42. The van der Waals surface area contributed by atoms with Gasteiger partial charge in [0, 0.05) is 25.3 Å². The summed E-state index contributed by atoms with van der Waals surface area (Å²) in [7, 11) is 1.78. The van der Waals surface area contributed by atoms with Gasteiger partial charge in [-0.3, -0.25) is 9.59 Å². The Bertz CT molecular complexity index is 901. The molecule has 34 heavy (non-hydrogen) atoms. The summed E-state index contributed by atoms with van der Waals surface area (Å²) in [4.78, 5) is 39.4. The van der Waals surface area contributed by atoms with Gasteiger partial charge in [0.1, 0.15) is 18.5 Å². The van der Waals surface area contributed by atoms with E-state index >= 15 is 0 Å². The van der Waals surface area contributed by atoms with Crippen LogP contribution in [0.25, 0.3) is 0 Å². The average molecular weight is 473 g/mol. The number of amides is 4. The smallest absolute Gasteiger partial charge is 0.319 e. The molecule has 2 heterocycles. The summed E-state index contributed by atoms with van der Waals surface area (Å²) < 4.78 is 12.3. The lowest BCUT2D eigenvalue weighted by molar-refractivity contribution is -0.134. The molecule has 1 aromatic rings. The molecule has 2 aliphatic heterocycles. The molecular formula is C25H36N4O5. The predicted octanol–water partition coefficient (Wildman–Crippen LogP) is 3.05. The molecule has 0 aromatic heterocycles. The lowest BCUT2D eigenvalue weighted by Crippen LogP contribution is -2.54. The van der Waals surface area contributed by atoms with Gasteiger partial charge in [-0.05, 0) is 50.8 Å². The van der Waals surface area contributed by atoms with Crippen LogP contribution in [0, 0.1) is 0 Å². The fraction of sp³-hybridized carbons (Fsp3) is 0.640. The third-order valence-corrected chi connectivity index (χ3v) is 6.99. The van der Waals surface area contributed by atoms with Gasteiger partial charge in [0.2, 0.25) is 5.91 Å². The third-order valence-electron chi connectivity index (χ3n) is 6.99. The van der Waals surface area contributed by atoms with Gasteiger partial charge >= 0.3 is 6.03 Å². The molecule has 3 atom stereocenters. The highest BCUT2D eigenvalue weighted by Crippen LogP contribution is 2.32. The summed E-state index contributed by atoms with van der Waals surface area (Å²) >= 11 is 0. The number of hydrogen-bond acceptors (Lipinski definition) is 5. The zero-order valence-electron chi connectivity index (χ0n) is 20.1.